The van der Waals surface area contributed by atoms with Gasteiger partial charge in [0.15, 0.2) is 4.34 Å². The quantitative estimate of drug-likeness (QED) is 0.921. The summed E-state index contributed by atoms with van der Waals surface area (Å²) in [4.78, 5) is 15.8. The van der Waals surface area contributed by atoms with E-state index in [0.29, 0.717) is 0 Å². The number of carbonyl (C=O) groups is 1. The van der Waals surface area contributed by atoms with Crippen molar-refractivity contribution < 1.29 is 9.90 Å². The summed E-state index contributed by atoms with van der Waals surface area (Å²) in [6.07, 6.45) is 0.0584. The van der Waals surface area contributed by atoms with Gasteiger partial charge >= 0.3 is 5.97 Å². The van der Waals surface area contributed by atoms with Crippen molar-refractivity contribution in [1.82, 2.24) is 9.36 Å². The highest BCUT2D eigenvalue weighted by molar-refractivity contribution is 8.01. The third-order valence-electron chi connectivity index (χ3n) is 1.99. The summed E-state index contributed by atoms with van der Waals surface area (Å²) < 4.78 is 5.00. The third-order valence-corrected chi connectivity index (χ3v) is 3.84. The predicted octanol–water partition coefficient (Wildman–Crippen LogP) is 2.62. The van der Waals surface area contributed by atoms with Crippen LogP contribution in [-0.4, -0.2) is 20.4 Å². The largest absolute Gasteiger partial charge is 0.481 e. The smallest absolute Gasteiger partial charge is 0.307 e. The van der Waals surface area contributed by atoms with Crippen molar-refractivity contribution in [2.24, 2.45) is 0 Å². The van der Waals surface area contributed by atoms with Gasteiger partial charge in [-0.3, -0.25) is 4.79 Å². The lowest BCUT2D eigenvalue weighted by atomic mass is 10.2. The van der Waals surface area contributed by atoms with Crippen LogP contribution in [0.3, 0.4) is 0 Å². The number of benzene rings is 1. The van der Waals surface area contributed by atoms with E-state index in [1.165, 1.54) is 23.3 Å². The number of hydrogen-bond acceptors (Lipinski definition) is 5. The van der Waals surface area contributed by atoms with Crippen LogP contribution in [0.25, 0.3) is 0 Å². The Labute approximate surface area is 107 Å². The van der Waals surface area contributed by atoms with E-state index in [9.17, 15) is 4.79 Å². The minimum Gasteiger partial charge on any atom is -0.481 e. The molecule has 2 aromatic rings. The number of aromatic nitrogens is 2. The van der Waals surface area contributed by atoms with Crippen molar-refractivity contribution >= 4 is 29.3 Å². The molecule has 0 saturated heterocycles. The van der Waals surface area contributed by atoms with E-state index in [1.807, 2.05) is 31.2 Å². The Morgan fingerprint density at radius 3 is 2.65 bits per heavy atom. The zero-order valence-electron chi connectivity index (χ0n) is 9.08. The average molecular weight is 266 g/mol. The van der Waals surface area contributed by atoms with Crippen LogP contribution in [0, 0.1) is 6.92 Å². The molecule has 0 aliphatic rings. The van der Waals surface area contributed by atoms with Crippen LogP contribution in [-0.2, 0) is 11.2 Å². The Bertz CT molecular complexity index is 523. The second kappa shape index (κ2) is 5.29. The van der Waals surface area contributed by atoms with Gasteiger partial charge in [-0.25, -0.2) is 4.98 Å². The molecule has 1 heterocycles. The molecule has 0 radical (unpaired) electrons. The number of carboxylic acids is 1. The van der Waals surface area contributed by atoms with Gasteiger partial charge in [-0.1, -0.05) is 23.9 Å². The van der Waals surface area contributed by atoms with Crippen molar-refractivity contribution in [2.45, 2.75) is 22.6 Å². The Morgan fingerprint density at radius 1 is 1.41 bits per heavy atom. The van der Waals surface area contributed by atoms with Crippen LogP contribution >= 0.6 is 23.3 Å². The van der Waals surface area contributed by atoms with Gasteiger partial charge < -0.3 is 5.11 Å². The summed E-state index contributed by atoms with van der Waals surface area (Å²) >= 11 is 2.90. The lowest BCUT2D eigenvalue weighted by molar-refractivity contribution is -0.136. The van der Waals surface area contributed by atoms with Crippen LogP contribution in [0.5, 0.6) is 0 Å². The van der Waals surface area contributed by atoms with Crippen LogP contribution < -0.4 is 0 Å². The molecule has 0 atom stereocenters. The van der Waals surface area contributed by atoms with Gasteiger partial charge in [-0.2, -0.15) is 4.37 Å². The Balaban J connectivity index is 2.05. The van der Waals surface area contributed by atoms with Crippen molar-refractivity contribution in [3.63, 3.8) is 0 Å². The van der Waals surface area contributed by atoms with E-state index in [4.69, 9.17) is 5.11 Å². The number of carboxylic acid groups (broad SMARTS) is 1. The molecule has 1 aromatic carbocycles. The molecule has 1 N–H and O–H groups in total. The summed E-state index contributed by atoms with van der Waals surface area (Å²) in [5.74, 6) is -0.0369. The van der Waals surface area contributed by atoms with Gasteiger partial charge in [0, 0.05) is 4.90 Å². The Kier molecular flexibility index (Phi) is 3.75. The van der Waals surface area contributed by atoms with Crippen LogP contribution in [0.2, 0.25) is 0 Å². The highest BCUT2D eigenvalue weighted by Gasteiger charge is 2.04. The summed E-state index contributed by atoms with van der Waals surface area (Å²) in [6.45, 7) is 1.86. The zero-order valence-corrected chi connectivity index (χ0v) is 10.7. The second-order valence-electron chi connectivity index (χ2n) is 3.42. The van der Waals surface area contributed by atoms with E-state index >= 15 is 0 Å². The summed E-state index contributed by atoms with van der Waals surface area (Å²) in [6, 6.07) is 7.45. The Morgan fingerprint density at radius 2 is 2.12 bits per heavy atom. The number of aliphatic carboxylic acids is 1. The number of nitrogens with zero attached hydrogens (tertiary/aromatic N) is 2. The van der Waals surface area contributed by atoms with E-state index in [1.54, 1.807) is 0 Å². The van der Waals surface area contributed by atoms with E-state index in [-0.39, 0.29) is 6.42 Å². The van der Waals surface area contributed by atoms with E-state index < -0.39 is 5.97 Å². The Hall–Kier alpha value is -1.40. The maximum atomic E-state index is 10.5. The molecular formula is C11H10N2O2S2. The average Bonchev–Trinajstić information content (AvgIpc) is 2.66. The molecule has 2 rings (SSSR count). The lowest BCUT2D eigenvalue weighted by Gasteiger charge is -1.99. The van der Waals surface area contributed by atoms with E-state index in [2.05, 4.69) is 9.36 Å². The van der Waals surface area contributed by atoms with Crippen molar-refractivity contribution in [3.05, 3.63) is 35.7 Å². The normalized spacial score (nSPS) is 10.4. The third kappa shape index (κ3) is 3.54. The highest BCUT2D eigenvalue weighted by Crippen LogP contribution is 2.28. The second-order valence-corrected chi connectivity index (χ2v) is 5.50. The molecule has 4 nitrogen and oxygen atoms in total. The predicted molar refractivity (Wildman–Crippen MR) is 66.6 cm³/mol. The fraction of sp³-hybridized carbons (Fsp3) is 0.182. The first-order valence-corrected chi connectivity index (χ1v) is 6.51. The van der Waals surface area contributed by atoms with Crippen LogP contribution in [0.1, 0.15) is 11.4 Å². The molecule has 0 unspecified atom stereocenters. The lowest BCUT2D eigenvalue weighted by Crippen LogP contribution is -1.99. The zero-order chi connectivity index (χ0) is 12.3. The van der Waals surface area contributed by atoms with Gasteiger partial charge in [0.25, 0.3) is 0 Å². The summed E-state index contributed by atoms with van der Waals surface area (Å²) in [5, 5.41) is 8.65. The van der Waals surface area contributed by atoms with Crippen LogP contribution in [0.4, 0.5) is 0 Å². The van der Waals surface area contributed by atoms with Crippen molar-refractivity contribution in [1.29, 1.82) is 0 Å². The molecule has 0 amide bonds. The van der Waals surface area contributed by atoms with Crippen molar-refractivity contribution in [3.8, 4) is 0 Å². The molecule has 17 heavy (non-hydrogen) atoms. The minimum atomic E-state index is -0.815. The molecule has 1 aromatic heterocycles. The summed E-state index contributed by atoms with van der Waals surface area (Å²) in [5.41, 5.74) is 0.801. The molecule has 0 bridgehead atoms. The number of aryl methyl sites for hydroxylation is 1. The fourth-order valence-corrected chi connectivity index (χ4v) is 2.90. The first-order chi connectivity index (χ1) is 8.13. The molecular weight excluding hydrogens is 256 g/mol. The molecule has 88 valence electrons. The molecule has 6 heteroatoms. The van der Waals surface area contributed by atoms with Crippen LogP contribution in [0.15, 0.2) is 33.5 Å². The van der Waals surface area contributed by atoms with Gasteiger partial charge in [0.2, 0.25) is 0 Å². The number of rotatable bonds is 4. The fourth-order valence-electron chi connectivity index (χ4n) is 1.27. The molecule has 0 spiro atoms. The van der Waals surface area contributed by atoms with Crippen molar-refractivity contribution in [2.75, 3.05) is 0 Å². The number of hydrogen-bond donors (Lipinski definition) is 1. The monoisotopic (exact) mass is 266 g/mol. The molecule has 0 aliphatic heterocycles. The standard InChI is InChI=1S/C11H10N2O2S2/c1-7-12-11(17-13-7)16-9-4-2-8(3-5-9)6-10(14)15/h2-5H,6H2,1H3,(H,14,15). The first kappa shape index (κ1) is 12.1. The van der Waals surface area contributed by atoms with E-state index in [0.717, 1.165) is 20.6 Å². The minimum absolute atomic E-state index is 0.0584. The maximum absolute atomic E-state index is 10.5. The maximum Gasteiger partial charge on any atom is 0.307 e. The summed E-state index contributed by atoms with van der Waals surface area (Å²) in [7, 11) is 0. The van der Waals surface area contributed by atoms with Gasteiger partial charge in [0.1, 0.15) is 5.82 Å². The van der Waals surface area contributed by atoms with Gasteiger partial charge in [0.05, 0.1) is 6.42 Å². The van der Waals surface area contributed by atoms with Gasteiger partial charge in [-0.05, 0) is 36.2 Å². The topological polar surface area (TPSA) is 63.1 Å². The van der Waals surface area contributed by atoms with Gasteiger partial charge in [-0.15, -0.1) is 0 Å². The molecule has 0 aliphatic carbocycles. The first-order valence-electron chi connectivity index (χ1n) is 4.92. The SMILES string of the molecule is Cc1nsc(Sc2ccc(CC(=O)O)cc2)n1. The molecule has 0 saturated carbocycles. The molecule has 0 fully saturated rings. The highest BCUT2D eigenvalue weighted by atomic mass is 32.2.